The number of hydrogen-bond acceptors (Lipinski definition) is 1. The Morgan fingerprint density at radius 2 is 2.00 bits per heavy atom. The first-order valence-electron chi connectivity index (χ1n) is 4.04. The number of benzene rings is 1. The van der Waals surface area contributed by atoms with Crippen molar-refractivity contribution >= 4 is 0 Å². The Kier molecular flexibility index (Phi) is 1.85. The molecule has 1 aromatic heterocycles. The molecule has 0 radical (unpaired) electrons. The Morgan fingerprint density at radius 1 is 1.23 bits per heavy atom. The number of nitrogens with zero attached hydrogens (tertiary/aromatic N) is 2. The van der Waals surface area contributed by atoms with E-state index >= 15 is 0 Å². The van der Waals surface area contributed by atoms with Crippen LogP contribution in [0.4, 0.5) is 4.39 Å². The lowest BCUT2D eigenvalue weighted by atomic mass is 10.3. The maximum absolute atomic E-state index is 13.3. The van der Waals surface area contributed by atoms with Crippen LogP contribution in [-0.2, 0) is 0 Å². The molecule has 2 rings (SSSR count). The second kappa shape index (κ2) is 3.01. The van der Waals surface area contributed by atoms with Crippen LogP contribution in [0.25, 0.3) is 5.69 Å². The largest absolute Gasteiger partial charge is 0.235 e. The first-order valence-corrected chi connectivity index (χ1v) is 4.04. The highest BCUT2D eigenvalue weighted by atomic mass is 19.1. The van der Waals surface area contributed by atoms with Crippen LogP contribution in [0, 0.1) is 12.7 Å². The number of aromatic nitrogens is 2. The summed E-state index contributed by atoms with van der Waals surface area (Å²) < 4.78 is 14.9. The molecule has 1 aromatic carbocycles. The number of hydrogen-bond donors (Lipinski definition) is 0. The quantitative estimate of drug-likeness (QED) is 0.652. The molecule has 0 saturated carbocycles. The summed E-state index contributed by atoms with van der Waals surface area (Å²) in [5, 5.41) is 4.02. The molecule has 0 amide bonds. The summed E-state index contributed by atoms with van der Waals surface area (Å²) in [5.74, 6) is -0.255. The van der Waals surface area contributed by atoms with Crippen molar-refractivity contribution in [2.24, 2.45) is 0 Å². The molecule has 1 heterocycles. The van der Waals surface area contributed by atoms with Gasteiger partial charge in [0.15, 0.2) is 0 Å². The third kappa shape index (κ3) is 1.33. The Balaban J connectivity index is 2.59. The van der Waals surface area contributed by atoms with Crippen LogP contribution in [0.15, 0.2) is 36.5 Å². The van der Waals surface area contributed by atoms with Gasteiger partial charge in [-0.15, -0.1) is 0 Å². The van der Waals surface area contributed by atoms with E-state index < -0.39 is 0 Å². The maximum Gasteiger partial charge on any atom is 0.148 e. The van der Waals surface area contributed by atoms with Crippen molar-refractivity contribution < 1.29 is 4.39 Å². The van der Waals surface area contributed by atoms with Crippen LogP contribution in [0.5, 0.6) is 0 Å². The minimum atomic E-state index is -0.255. The molecule has 0 N–H and O–H groups in total. The molecule has 2 aromatic rings. The van der Waals surface area contributed by atoms with Gasteiger partial charge in [-0.1, -0.05) is 12.1 Å². The molecule has 0 spiro atoms. The molecule has 0 atom stereocenters. The molecule has 0 saturated heterocycles. The van der Waals surface area contributed by atoms with Crippen LogP contribution in [0.3, 0.4) is 0 Å². The number of halogens is 1. The van der Waals surface area contributed by atoms with Gasteiger partial charge in [0.25, 0.3) is 0 Å². The number of para-hydroxylation sites is 1. The van der Waals surface area contributed by atoms with Crippen LogP contribution in [0.2, 0.25) is 0 Å². The molecule has 66 valence electrons. The van der Waals surface area contributed by atoms with E-state index in [9.17, 15) is 4.39 Å². The Morgan fingerprint density at radius 3 is 2.62 bits per heavy atom. The Bertz CT molecular complexity index is 420. The SMILES string of the molecule is Cc1ccnn1-c1ccccc1F. The predicted octanol–water partition coefficient (Wildman–Crippen LogP) is 2.32. The molecular formula is C10H9FN2. The second-order valence-electron chi connectivity index (χ2n) is 2.84. The lowest BCUT2D eigenvalue weighted by molar-refractivity contribution is 0.608. The van der Waals surface area contributed by atoms with E-state index in [0.717, 1.165) is 5.69 Å². The zero-order chi connectivity index (χ0) is 9.26. The van der Waals surface area contributed by atoms with Crippen molar-refractivity contribution in [3.8, 4) is 5.69 Å². The summed E-state index contributed by atoms with van der Waals surface area (Å²) in [7, 11) is 0. The molecule has 0 aliphatic heterocycles. The zero-order valence-corrected chi connectivity index (χ0v) is 7.24. The predicted molar refractivity (Wildman–Crippen MR) is 48.3 cm³/mol. The van der Waals surface area contributed by atoms with E-state index in [1.54, 1.807) is 29.1 Å². The van der Waals surface area contributed by atoms with Gasteiger partial charge in [-0.05, 0) is 25.1 Å². The first-order chi connectivity index (χ1) is 6.29. The molecule has 0 unspecified atom stereocenters. The van der Waals surface area contributed by atoms with Crippen molar-refractivity contribution in [1.29, 1.82) is 0 Å². The lowest BCUT2D eigenvalue weighted by Crippen LogP contribution is -2.00. The molecule has 3 heteroatoms. The van der Waals surface area contributed by atoms with E-state index in [1.165, 1.54) is 6.07 Å². The van der Waals surface area contributed by atoms with Gasteiger partial charge < -0.3 is 0 Å². The highest BCUT2D eigenvalue weighted by Gasteiger charge is 2.04. The normalized spacial score (nSPS) is 10.3. The highest BCUT2D eigenvalue weighted by molar-refractivity contribution is 5.33. The highest BCUT2D eigenvalue weighted by Crippen LogP contribution is 2.13. The Labute approximate surface area is 75.6 Å². The first kappa shape index (κ1) is 7.98. The van der Waals surface area contributed by atoms with Gasteiger partial charge in [-0.2, -0.15) is 5.10 Å². The molecule has 13 heavy (non-hydrogen) atoms. The monoisotopic (exact) mass is 176 g/mol. The van der Waals surface area contributed by atoms with Crippen LogP contribution in [0.1, 0.15) is 5.69 Å². The van der Waals surface area contributed by atoms with E-state index in [-0.39, 0.29) is 5.82 Å². The fraction of sp³-hybridized carbons (Fsp3) is 0.100. The molecule has 2 nitrogen and oxygen atoms in total. The minimum absolute atomic E-state index is 0.255. The van der Waals surface area contributed by atoms with Crippen LogP contribution >= 0.6 is 0 Å². The minimum Gasteiger partial charge on any atom is -0.235 e. The summed E-state index contributed by atoms with van der Waals surface area (Å²) in [5.41, 5.74) is 1.41. The third-order valence-corrected chi connectivity index (χ3v) is 1.91. The van der Waals surface area contributed by atoms with E-state index in [1.807, 2.05) is 13.0 Å². The van der Waals surface area contributed by atoms with Gasteiger partial charge in [-0.3, -0.25) is 0 Å². The second-order valence-corrected chi connectivity index (χ2v) is 2.84. The van der Waals surface area contributed by atoms with Crippen LogP contribution in [-0.4, -0.2) is 9.78 Å². The van der Waals surface area contributed by atoms with E-state index in [0.29, 0.717) is 5.69 Å². The van der Waals surface area contributed by atoms with Gasteiger partial charge in [0.2, 0.25) is 0 Å². The van der Waals surface area contributed by atoms with Crippen LogP contribution < -0.4 is 0 Å². The van der Waals surface area contributed by atoms with Crippen molar-refractivity contribution in [3.05, 3.63) is 48.0 Å². The molecule has 0 fully saturated rings. The van der Waals surface area contributed by atoms with Crippen molar-refractivity contribution in [3.63, 3.8) is 0 Å². The summed E-state index contributed by atoms with van der Waals surface area (Å²) >= 11 is 0. The number of rotatable bonds is 1. The van der Waals surface area contributed by atoms with E-state index in [4.69, 9.17) is 0 Å². The maximum atomic E-state index is 13.3. The summed E-state index contributed by atoms with van der Waals surface area (Å²) in [4.78, 5) is 0. The van der Waals surface area contributed by atoms with Crippen molar-refractivity contribution in [2.75, 3.05) is 0 Å². The average Bonchev–Trinajstić information content (AvgIpc) is 2.52. The molecular weight excluding hydrogens is 167 g/mol. The summed E-state index contributed by atoms with van der Waals surface area (Å²) in [6, 6.07) is 8.43. The topological polar surface area (TPSA) is 17.8 Å². The van der Waals surface area contributed by atoms with E-state index in [2.05, 4.69) is 5.10 Å². The van der Waals surface area contributed by atoms with Gasteiger partial charge in [0.05, 0.1) is 0 Å². The smallest absolute Gasteiger partial charge is 0.148 e. The fourth-order valence-electron chi connectivity index (χ4n) is 1.25. The zero-order valence-electron chi connectivity index (χ0n) is 7.24. The van der Waals surface area contributed by atoms with Crippen molar-refractivity contribution in [1.82, 2.24) is 9.78 Å². The lowest BCUT2D eigenvalue weighted by Gasteiger charge is -2.04. The van der Waals surface area contributed by atoms with Gasteiger partial charge in [-0.25, -0.2) is 9.07 Å². The molecule has 0 bridgehead atoms. The van der Waals surface area contributed by atoms with Gasteiger partial charge in [0.1, 0.15) is 11.5 Å². The number of aryl methyl sites for hydroxylation is 1. The van der Waals surface area contributed by atoms with Gasteiger partial charge >= 0.3 is 0 Å². The average molecular weight is 176 g/mol. The molecule has 0 aliphatic carbocycles. The summed E-state index contributed by atoms with van der Waals surface area (Å²) in [6.07, 6.45) is 1.65. The standard InChI is InChI=1S/C10H9FN2/c1-8-6-7-12-13(8)10-5-3-2-4-9(10)11/h2-7H,1H3. The van der Waals surface area contributed by atoms with Crippen molar-refractivity contribution in [2.45, 2.75) is 6.92 Å². The molecule has 0 aliphatic rings. The van der Waals surface area contributed by atoms with Gasteiger partial charge in [0, 0.05) is 11.9 Å². The Hall–Kier alpha value is -1.64. The summed E-state index contributed by atoms with van der Waals surface area (Å²) in [6.45, 7) is 1.89. The fourth-order valence-corrected chi connectivity index (χ4v) is 1.25. The third-order valence-electron chi connectivity index (χ3n) is 1.91.